The van der Waals surface area contributed by atoms with Crippen LogP contribution in [0.5, 0.6) is 0 Å². The van der Waals surface area contributed by atoms with Crippen molar-refractivity contribution in [2.45, 2.75) is 13.5 Å². The number of nitrogens with one attached hydrogen (secondary N) is 1. The van der Waals surface area contributed by atoms with Gasteiger partial charge in [-0.15, -0.1) is 0 Å². The van der Waals surface area contributed by atoms with Crippen molar-refractivity contribution < 1.29 is 4.39 Å². The van der Waals surface area contributed by atoms with E-state index in [1.54, 1.807) is 6.07 Å². The smallest absolute Gasteiger partial charge is 0.137 e. The number of benzene rings is 1. The second-order valence-corrected chi connectivity index (χ2v) is 5.40. The van der Waals surface area contributed by atoms with Gasteiger partial charge in [0.05, 0.1) is 23.6 Å². The second-order valence-electron chi connectivity index (χ2n) is 4.55. The molecule has 0 aliphatic heterocycles. The van der Waals surface area contributed by atoms with Gasteiger partial charge in [0.1, 0.15) is 11.5 Å². The largest absolute Gasteiger partial charge is 0.378 e. The highest BCUT2D eigenvalue weighted by Crippen LogP contribution is 2.24. The lowest BCUT2D eigenvalue weighted by atomic mass is 10.3. The number of anilines is 1. The van der Waals surface area contributed by atoms with Crippen LogP contribution in [0.15, 0.2) is 47.1 Å². The SMILES string of the molecule is Cc1nc2ccccn2c1CNc1cc(F)ccc1Br. The highest BCUT2D eigenvalue weighted by atomic mass is 79.9. The Labute approximate surface area is 124 Å². The number of imidazole rings is 1. The minimum Gasteiger partial charge on any atom is -0.378 e. The Hall–Kier alpha value is -1.88. The van der Waals surface area contributed by atoms with Crippen LogP contribution in [0.3, 0.4) is 0 Å². The van der Waals surface area contributed by atoms with E-state index in [0.29, 0.717) is 6.54 Å². The maximum Gasteiger partial charge on any atom is 0.137 e. The Morgan fingerprint density at radius 2 is 2.15 bits per heavy atom. The topological polar surface area (TPSA) is 29.3 Å². The summed E-state index contributed by atoms with van der Waals surface area (Å²) in [4.78, 5) is 4.50. The van der Waals surface area contributed by atoms with Crippen molar-refractivity contribution in [3.05, 3.63) is 64.3 Å². The molecule has 1 N–H and O–H groups in total. The first-order chi connectivity index (χ1) is 9.65. The van der Waals surface area contributed by atoms with Crippen molar-refractivity contribution in [1.29, 1.82) is 0 Å². The number of rotatable bonds is 3. The average molecular weight is 334 g/mol. The highest BCUT2D eigenvalue weighted by molar-refractivity contribution is 9.10. The third-order valence-electron chi connectivity index (χ3n) is 3.20. The van der Waals surface area contributed by atoms with Crippen LogP contribution in [0.1, 0.15) is 11.4 Å². The number of aromatic nitrogens is 2. The molecule has 3 aromatic rings. The Balaban J connectivity index is 1.90. The predicted molar refractivity (Wildman–Crippen MR) is 81.4 cm³/mol. The summed E-state index contributed by atoms with van der Waals surface area (Å²) in [6.45, 7) is 2.56. The van der Waals surface area contributed by atoms with Crippen molar-refractivity contribution >= 4 is 27.3 Å². The maximum atomic E-state index is 13.3. The summed E-state index contributed by atoms with van der Waals surface area (Å²) in [5, 5.41) is 3.24. The summed E-state index contributed by atoms with van der Waals surface area (Å²) in [7, 11) is 0. The van der Waals surface area contributed by atoms with Crippen molar-refractivity contribution in [2.75, 3.05) is 5.32 Å². The second kappa shape index (κ2) is 5.25. The molecule has 1 aromatic carbocycles. The van der Waals surface area contributed by atoms with E-state index in [9.17, 15) is 4.39 Å². The molecule has 2 heterocycles. The minimum absolute atomic E-state index is 0.259. The van der Waals surface area contributed by atoms with Crippen LogP contribution in [0.25, 0.3) is 5.65 Å². The van der Waals surface area contributed by atoms with Crippen molar-refractivity contribution in [3.8, 4) is 0 Å². The normalized spacial score (nSPS) is 10.9. The molecule has 0 fully saturated rings. The van der Waals surface area contributed by atoms with E-state index in [4.69, 9.17) is 0 Å². The summed E-state index contributed by atoms with van der Waals surface area (Å²) >= 11 is 3.41. The lowest BCUT2D eigenvalue weighted by molar-refractivity contribution is 0.628. The first kappa shape index (κ1) is 13.1. The summed E-state index contributed by atoms with van der Waals surface area (Å²) in [6, 6.07) is 10.5. The molecule has 0 radical (unpaired) electrons. The molecule has 0 saturated carbocycles. The molecule has 0 amide bonds. The van der Waals surface area contributed by atoms with Gasteiger partial charge in [-0.25, -0.2) is 9.37 Å². The van der Waals surface area contributed by atoms with Gasteiger partial charge in [-0.3, -0.25) is 0 Å². The van der Waals surface area contributed by atoms with Crippen LogP contribution in [0, 0.1) is 12.7 Å². The molecule has 0 aliphatic carbocycles. The molecular formula is C15H13BrFN3. The molecule has 0 unspecified atom stereocenters. The van der Waals surface area contributed by atoms with Crippen LogP contribution in [-0.2, 0) is 6.54 Å². The lowest BCUT2D eigenvalue weighted by Gasteiger charge is -2.09. The highest BCUT2D eigenvalue weighted by Gasteiger charge is 2.09. The average Bonchev–Trinajstić information content (AvgIpc) is 2.75. The summed E-state index contributed by atoms with van der Waals surface area (Å²) in [6.07, 6.45) is 1.98. The van der Waals surface area contributed by atoms with Crippen LogP contribution in [0.2, 0.25) is 0 Å². The fourth-order valence-corrected chi connectivity index (χ4v) is 2.58. The molecule has 20 heavy (non-hydrogen) atoms. The van der Waals surface area contributed by atoms with Crippen LogP contribution < -0.4 is 5.32 Å². The van der Waals surface area contributed by atoms with Gasteiger partial charge in [0.15, 0.2) is 0 Å². The third-order valence-corrected chi connectivity index (χ3v) is 3.90. The number of pyridine rings is 1. The van der Waals surface area contributed by atoms with Crippen LogP contribution in [-0.4, -0.2) is 9.38 Å². The zero-order valence-electron chi connectivity index (χ0n) is 10.9. The van der Waals surface area contributed by atoms with Crippen molar-refractivity contribution in [3.63, 3.8) is 0 Å². The summed E-state index contributed by atoms with van der Waals surface area (Å²) in [5.74, 6) is -0.259. The number of fused-ring (bicyclic) bond motifs is 1. The number of hydrogen-bond acceptors (Lipinski definition) is 2. The zero-order valence-corrected chi connectivity index (χ0v) is 12.5. The van der Waals surface area contributed by atoms with E-state index in [0.717, 1.165) is 27.2 Å². The maximum absolute atomic E-state index is 13.3. The van der Waals surface area contributed by atoms with Gasteiger partial charge >= 0.3 is 0 Å². The van der Waals surface area contributed by atoms with Crippen molar-refractivity contribution in [1.82, 2.24) is 9.38 Å². The van der Waals surface area contributed by atoms with E-state index in [1.807, 2.05) is 35.7 Å². The van der Waals surface area contributed by atoms with Crippen molar-refractivity contribution in [2.24, 2.45) is 0 Å². The van der Waals surface area contributed by atoms with E-state index in [-0.39, 0.29) is 5.82 Å². The van der Waals surface area contributed by atoms with Gasteiger partial charge in [0.25, 0.3) is 0 Å². The number of hydrogen-bond donors (Lipinski definition) is 1. The Bertz CT molecular complexity index is 767. The summed E-state index contributed by atoms with van der Waals surface area (Å²) in [5.41, 5.74) is 3.68. The molecule has 102 valence electrons. The molecule has 0 atom stereocenters. The quantitative estimate of drug-likeness (QED) is 0.779. The molecule has 0 aliphatic rings. The van der Waals surface area contributed by atoms with E-state index in [1.165, 1.54) is 12.1 Å². The molecular weight excluding hydrogens is 321 g/mol. The molecule has 3 rings (SSSR count). The molecule has 0 spiro atoms. The monoisotopic (exact) mass is 333 g/mol. The first-order valence-corrected chi connectivity index (χ1v) is 7.06. The van der Waals surface area contributed by atoms with Gasteiger partial charge in [0.2, 0.25) is 0 Å². The third kappa shape index (κ3) is 2.41. The Kier molecular flexibility index (Phi) is 3.44. The molecule has 2 aromatic heterocycles. The number of nitrogens with zero attached hydrogens (tertiary/aromatic N) is 2. The summed E-state index contributed by atoms with van der Waals surface area (Å²) < 4.78 is 16.1. The van der Waals surface area contributed by atoms with E-state index >= 15 is 0 Å². The van der Waals surface area contributed by atoms with Crippen LogP contribution >= 0.6 is 15.9 Å². The standard InChI is InChI=1S/C15H13BrFN3/c1-10-14(20-7-3-2-4-15(20)19-10)9-18-13-8-11(17)5-6-12(13)16/h2-8,18H,9H2,1H3. The Morgan fingerprint density at radius 3 is 3.00 bits per heavy atom. The van der Waals surface area contributed by atoms with Crippen LogP contribution in [0.4, 0.5) is 10.1 Å². The van der Waals surface area contributed by atoms with E-state index < -0.39 is 0 Å². The minimum atomic E-state index is -0.259. The molecule has 0 saturated heterocycles. The molecule has 3 nitrogen and oxygen atoms in total. The molecule has 5 heteroatoms. The fourth-order valence-electron chi connectivity index (χ4n) is 2.19. The fraction of sp³-hybridized carbons (Fsp3) is 0.133. The van der Waals surface area contributed by atoms with Gasteiger partial charge in [-0.2, -0.15) is 0 Å². The zero-order chi connectivity index (χ0) is 14.1. The van der Waals surface area contributed by atoms with Gasteiger partial charge < -0.3 is 9.72 Å². The Morgan fingerprint density at radius 1 is 1.30 bits per heavy atom. The van der Waals surface area contributed by atoms with Gasteiger partial charge in [-0.05, 0) is 53.2 Å². The van der Waals surface area contributed by atoms with Gasteiger partial charge in [-0.1, -0.05) is 6.07 Å². The predicted octanol–water partition coefficient (Wildman–Crippen LogP) is 4.16. The lowest BCUT2D eigenvalue weighted by Crippen LogP contribution is -2.04. The number of halogens is 2. The molecule has 0 bridgehead atoms. The number of aryl methyl sites for hydroxylation is 1. The van der Waals surface area contributed by atoms with E-state index in [2.05, 4.69) is 26.2 Å². The first-order valence-electron chi connectivity index (χ1n) is 6.26. The van der Waals surface area contributed by atoms with Gasteiger partial charge in [0, 0.05) is 10.7 Å².